The molecule has 2 atom stereocenters. The van der Waals surface area contributed by atoms with E-state index in [1.54, 1.807) is 6.33 Å². The minimum atomic E-state index is 0.0883. The third kappa shape index (κ3) is 2.57. The largest absolute Gasteiger partial charge is 0.356 e. The molecular weight excluding hydrogens is 340 g/mol. The lowest BCUT2D eigenvalue weighted by Crippen LogP contribution is -2.34. The highest BCUT2D eigenvalue weighted by atomic mass is 16.2. The van der Waals surface area contributed by atoms with Gasteiger partial charge in [-0.3, -0.25) is 9.20 Å². The highest BCUT2D eigenvalue weighted by Crippen LogP contribution is 2.34. The average Bonchev–Trinajstić information content (AvgIpc) is 3.31. The molecule has 0 spiro atoms. The van der Waals surface area contributed by atoms with Gasteiger partial charge < -0.3 is 9.80 Å². The predicted octanol–water partition coefficient (Wildman–Crippen LogP) is 1.95. The van der Waals surface area contributed by atoms with Crippen molar-refractivity contribution in [2.45, 2.75) is 13.8 Å². The van der Waals surface area contributed by atoms with E-state index in [0.29, 0.717) is 17.5 Å². The van der Waals surface area contributed by atoms with Crippen molar-refractivity contribution >= 4 is 17.4 Å². The number of anilines is 1. The Labute approximate surface area is 157 Å². The summed E-state index contributed by atoms with van der Waals surface area (Å²) in [5.74, 6) is 2.09. The second-order valence-electron chi connectivity index (χ2n) is 7.64. The monoisotopic (exact) mass is 362 g/mol. The highest BCUT2D eigenvalue weighted by Gasteiger charge is 2.43. The molecule has 2 aliphatic heterocycles. The molecule has 138 valence electrons. The summed E-state index contributed by atoms with van der Waals surface area (Å²) in [5.41, 5.74) is 3.41. The Hall–Kier alpha value is -2.96. The zero-order valence-electron chi connectivity index (χ0n) is 15.5. The van der Waals surface area contributed by atoms with Crippen LogP contribution >= 0.6 is 0 Å². The van der Waals surface area contributed by atoms with Crippen molar-refractivity contribution in [3.63, 3.8) is 0 Å². The molecule has 5 rings (SSSR count). The first-order chi connectivity index (χ1) is 13.1. The zero-order valence-corrected chi connectivity index (χ0v) is 15.5. The molecule has 2 fully saturated rings. The lowest BCUT2D eigenvalue weighted by molar-refractivity contribution is 0.0775. The van der Waals surface area contributed by atoms with Crippen LogP contribution in [0.15, 0.2) is 36.9 Å². The van der Waals surface area contributed by atoms with Crippen LogP contribution in [0, 0.1) is 25.7 Å². The minimum Gasteiger partial charge on any atom is -0.356 e. The Bertz CT molecular complexity index is 1010. The molecule has 0 radical (unpaired) electrons. The first-order valence-corrected chi connectivity index (χ1v) is 9.36. The molecule has 3 aromatic heterocycles. The van der Waals surface area contributed by atoms with Crippen LogP contribution in [0.4, 0.5) is 5.82 Å². The van der Waals surface area contributed by atoms with E-state index in [4.69, 9.17) is 0 Å². The van der Waals surface area contributed by atoms with Gasteiger partial charge in [0.05, 0.1) is 5.69 Å². The Morgan fingerprint density at radius 3 is 2.63 bits per heavy atom. The molecule has 3 aromatic rings. The van der Waals surface area contributed by atoms with Gasteiger partial charge in [-0.15, -0.1) is 0 Å². The molecule has 2 unspecified atom stereocenters. The number of aromatic nitrogens is 4. The lowest BCUT2D eigenvalue weighted by Gasteiger charge is -2.23. The van der Waals surface area contributed by atoms with Gasteiger partial charge in [0, 0.05) is 56.0 Å². The van der Waals surface area contributed by atoms with Crippen LogP contribution in [0.5, 0.6) is 0 Å². The van der Waals surface area contributed by atoms with Gasteiger partial charge >= 0.3 is 0 Å². The second kappa shape index (κ2) is 6.04. The molecule has 1 amide bonds. The smallest absolute Gasteiger partial charge is 0.272 e. The molecule has 7 heteroatoms. The molecular formula is C20H22N6O. The fourth-order valence-corrected chi connectivity index (χ4v) is 4.58. The van der Waals surface area contributed by atoms with Gasteiger partial charge in [-0.2, -0.15) is 0 Å². The average molecular weight is 362 g/mol. The summed E-state index contributed by atoms with van der Waals surface area (Å²) in [6.45, 7) is 7.44. The Balaban J connectivity index is 1.35. The number of carbonyl (C=O) groups excluding carboxylic acids is 1. The Kier molecular flexibility index (Phi) is 3.63. The zero-order chi connectivity index (χ0) is 18.5. The van der Waals surface area contributed by atoms with Gasteiger partial charge in [0.1, 0.15) is 23.5 Å². The summed E-state index contributed by atoms with van der Waals surface area (Å²) in [4.78, 5) is 30.6. The van der Waals surface area contributed by atoms with Gasteiger partial charge in [-0.1, -0.05) is 6.07 Å². The normalized spacial score (nSPS) is 21.9. The van der Waals surface area contributed by atoms with Gasteiger partial charge in [-0.25, -0.2) is 15.0 Å². The number of hydrogen-bond acceptors (Lipinski definition) is 5. The molecule has 0 aliphatic carbocycles. The van der Waals surface area contributed by atoms with Crippen LogP contribution in [0.2, 0.25) is 0 Å². The third-order valence-corrected chi connectivity index (χ3v) is 5.85. The molecule has 2 saturated heterocycles. The number of imidazole rings is 1. The quantitative estimate of drug-likeness (QED) is 0.697. The molecule has 2 aliphatic rings. The van der Waals surface area contributed by atoms with Gasteiger partial charge in [0.2, 0.25) is 0 Å². The van der Waals surface area contributed by atoms with Crippen molar-refractivity contribution in [2.24, 2.45) is 11.8 Å². The molecule has 0 N–H and O–H groups in total. The number of amides is 1. The summed E-state index contributed by atoms with van der Waals surface area (Å²) in [6.07, 6.45) is 5.39. The summed E-state index contributed by atoms with van der Waals surface area (Å²) in [6, 6.07) is 5.82. The van der Waals surface area contributed by atoms with E-state index >= 15 is 0 Å². The molecule has 5 heterocycles. The second-order valence-corrected chi connectivity index (χ2v) is 7.64. The van der Waals surface area contributed by atoms with Crippen molar-refractivity contribution in [3.8, 4) is 0 Å². The number of carbonyl (C=O) groups is 1. The number of rotatable bonds is 2. The first kappa shape index (κ1) is 16.2. The number of hydrogen-bond donors (Lipinski definition) is 0. The van der Waals surface area contributed by atoms with E-state index in [1.165, 1.54) is 0 Å². The summed E-state index contributed by atoms with van der Waals surface area (Å²) in [5, 5.41) is 0. The number of aryl methyl sites for hydroxylation is 2. The van der Waals surface area contributed by atoms with Crippen molar-refractivity contribution in [3.05, 3.63) is 53.9 Å². The van der Waals surface area contributed by atoms with E-state index in [9.17, 15) is 4.79 Å². The molecule has 0 saturated carbocycles. The van der Waals surface area contributed by atoms with Crippen LogP contribution in [-0.2, 0) is 0 Å². The third-order valence-electron chi connectivity index (χ3n) is 5.85. The molecule has 0 bridgehead atoms. The van der Waals surface area contributed by atoms with Crippen LogP contribution in [-0.4, -0.2) is 56.3 Å². The van der Waals surface area contributed by atoms with Crippen LogP contribution in [0.25, 0.3) is 5.65 Å². The van der Waals surface area contributed by atoms with Crippen LogP contribution < -0.4 is 4.90 Å². The van der Waals surface area contributed by atoms with Gasteiger partial charge in [0.15, 0.2) is 0 Å². The van der Waals surface area contributed by atoms with Crippen molar-refractivity contribution < 1.29 is 4.79 Å². The maximum atomic E-state index is 13.2. The fourth-order valence-electron chi connectivity index (χ4n) is 4.58. The Morgan fingerprint density at radius 1 is 1.11 bits per heavy atom. The molecule has 27 heavy (non-hydrogen) atoms. The van der Waals surface area contributed by atoms with Gasteiger partial charge in [-0.05, 0) is 26.0 Å². The van der Waals surface area contributed by atoms with Crippen LogP contribution in [0.3, 0.4) is 0 Å². The molecule has 0 aromatic carbocycles. The SMILES string of the molecule is Cc1cncnc1N1CC2CN(C(=O)c3c(C)nc4ccccn34)CC2C1. The fraction of sp³-hybridized carbons (Fsp3) is 0.400. The van der Waals surface area contributed by atoms with Gasteiger partial charge in [0.25, 0.3) is 5.91 Å². The van der Waals surface area contributed by atoms with Crippen LogP contribution in [0.1, 0.15) is 21.7 Å². The number of pyridine rings is 1. The lowest BCUT2D eigenvalue weighted by atomic mass is 10.0. The standard InChI is InChI=1S/C20H22N6O/c1-13-7-21-12-22-19(13)24-8-15-10-25(11-16(15)9-24)20(27)18-14(2)23-17-5-3-4-6-26(17)18/h3-7,12,15-16H,8-11H2,1-2H3. The Morgan fingerprint density at radius 2 is 1.89 bits per heavy atom. The minimum absolute atomic E-state index is 0.0883. The maximum Gasteiger partial charge on any atom is 0.272 e. The molecule has 7 nitrogen and oxygen atoms in total. The summed E-state index contributed by atoms with van der Waals surface area (Å²) >= 11 is 0. The van der Waals surface area contributed by atoms with E-state index < -0.39 is 0 Å². The van der Waals surface area contributed by atoms with E-state index in [2.05, 4.69) is 19.9 Å². The topological polar surface area (TPSA) is 66.6 Å². The number of fused-ring (bicyclic) bond motifs is 2. The van der Waals surface area contributed by atoms with E-state index in [0.717, 1.165) is 48.9 Å². The maximum absolute atomic E-state index is 13.2. The van der Waals surface area contributed by atoms with E-state index in [-0.39, 0.29) is 5.91 Å². The van der Waals surface area contributed by atoms with Crippen molar-refractivity contribution in [2.75, 3.05) is 31.1 Å². The van der Waals surface area contributed by atoms with E-state index in [1.807, 2.05) is 53.7 Å². The number of likely N-dealkylation sites (tertiary alicyclic amines) is 1. The summed E-state index contributed by atoms with van der Waals surface area (Å²) in [7, 11) is 0. The predicted molar refractivity (Wildman–Crippen MR) is 102 cm³/mol. The van der Waals surface area contributed by atoms with Crippen molar-refractivity contribution in [1.82, 2.24) is 24.3 Å². The number of nitrogens with zero attached hydrogens (tertiary/aromatic N) is 6. The first-order valence-electron chi connectivity index (χ1n) is 9.36. The highest BCUT2D eigenvalue weighted by molar-refractivity contribution is 5.95. The van der Waals surface area contributed by atoms with Crippen molar-refractivity contribution in [1.29, 1.82) is 0 Å². The summed E-state index contributed by atoms with van der Waals surface area (Å²) < 4.78 is 1.91.